The Labute approximate surface area is 193 Å². The van der Waals surface area contributed by atoms with Crippen molar-refractivity contribution in [2.75, 3.05) is 18.4 Å². The largest absolute Gasteiger partial charge is 0.435 e. The van der Waals surface area contributed by atoms with E-state index in [0.29, 0.717) is 5.41 Å². The van der Waals surface area contributed by atoms with E-state index >= 15 is 0 Å². The standard InChI is InChI=1S/C26H32F2N4O/c27-25(28)33-21-3-1-17(2-4-21)13-32-6-5-22-23(14-32)30-16-31-24(22)29-15-26-10-18-7-19(11-26)9-20(8-18)12-26/h1-4,16,18-20,25H,5-15H2,(H,29,30,31). The third-order valence-corrected chi connectivity index (χ3v) is 8.44. The summed E-state index contributed by atoms with van der Waals surface area (Å²) in [6.45, 7) is 0.728. The molecule has 176 valence electrons. The maximum atomic E-state index is 12.4. The second-order valence-electron chi connectivity index (χ2n) is 10.9. The van der Waals surface area contributed by atoms with Gasteiger partial charge in [-0.1, -0.05) is 12.1 Å². The van der Waals surface area contributed by atoms with Crippen molar-refractivity contribution in [3.63, 3.8) is 0 Å². The third kappa shape index (κ3) is 4.44. The van der Waals surface area contributed by atoms with Crippen LogP contribution in [0, 0.1) is 23.2 Å². The maximum Gasteiger partial charge on any atom is 0.387 e. The van der Waals surface area contributed by atoms with Crippen LogP contribution >= 0.6 is 0 Å². The minimum atomic E-state index is -2.79. The van der Waals surface area contributed by atoms with Crippen molar-refractivity contribution in [2.24, 2.45) is 23.2 Å². The van der Waals surface area contributed by atoms with E-state index in [1.807, 2.05) is 12.1 Å². The molecule has 1 aromatic heterocycles. The summed E-state index contributed by atoms with van der Waals surface area (Å²) >= 11 is 0. The first kappa shape index (κ1) is 21.3. The van der Waals surface area contributed by atoms with Crippen molar-refractivity contribution in [2.45, 2.75) is 64.6 Å². The monoisotopic (exact) mass is 454 g/mol. The van der Waals surface area contributed by atoms with Crippen LogP contribution in [0.3, 0.4) is 0 Å². The number of hydrogen-bond donors (Lipinski definition) is 1. The van der Waals surface area contributed by atoms with Crippen LogP contribution in [0.15, 0.2) is 30.6 Å². The summed E-state index contributed by atoms with van der Waals surface area (Å²) < 4.78 is 29.2. The Kier molecular flexibility index (Phi) is 5.47. The number of hydrogen-bond acceptors (Lipinski definition) is 5. The van der Waals surface area contributed by atoms with E-state index in [9.17, 15) is 8.78 Å². The molecule has 0 atom stereocenters. The van der Waals surface area contributed by atoms with Gasteiger partial charge in [-0.05, 0) is 85.8 Å². The highest BCUT2D eigenvalue weighted by molar-refractivity contribution is 5.47. The molecule has 1 aromatic carbocycles. The Morgan fingerprint density at radius 3 is 2.39 bits per heavy atom. The summed E-state index contributed by atoms with van der Waals surface area (Å²) in [5, 5.41) is 3.77. The van der Waals surface area contributed by atoms with Gasteiger partial charge in [0.05, 0.1) is 5.69 Å². The maximum absolute atomic E-state index is 12.4. The SMILES string of the molecule is FC(F)Oc1ccc(CN2CCc3c(ncnc3NCC34CC5CC(CC(C5)C3)C4)C2)cc1. The Bertz CT molecular complexity index is 961. The molecule has 1 N–H and O–H groups in total. The van der Waals surface area contributed by atoms with Gasteiger partial charge in [0.25, 0.3) is 0 Å². The van der Waals surface area contributed by atoms with Crippen LogP contribution in [0.2, 0.25) is 0 Å². The van der Waals surface area contributed by atoms with E-state index in [1.54, 1.807) is 18.5 Å². The van der Waals surface area contributed by atoms with E-state index in [1.165, 1.54) is 44.1 Å². The predicted molar refractivity (Wildman–Crippen MR) is 122 cm³/mol. The fraction of sp³-hybridized carbons (Fsp3) is 0.615. The second kappa shape index (κ2) is 8.49. The molecule has 4 bridgehead atoms. The summed E-state index contributed by atoms with van der Waals surface area (Å²) in [4.78, 5) is 11.6. The van der Waals surface area contributed by atoms with Crippen LogP contribution in [0.4, 0.5) is 14.6 Å². The minimum Gasteiger partial charge on any atom is -0.435 e. The topological polar surface area (TPSA) is 50.3 Å². The molecule has 5 nitrogen and oxygen atoms in total. The van der Waals surface area contributed by atoms with Crippen molar-refractivity contribution < 1.29 is 13.5 Å². The molecule has 2 aromatic rings. The van der Waals surface area contributed by atoms with Crippen molar-refractivity contribution in [3.8, 4) is 5.75 Å². The van der Waals surface area contributed by atoms with Gasteiger partial charge < -0.3 is 10.1 Å². The molecular formula is C26H32F2N4O. The van der Waals surface area contributed by atoms with Crippen LogP contribution in [0.5, 0.6) is 5.75 Å². The lowest BCUT2D eigenvalue weighted by Crippen LogP contribution is -2.49. The zero-order chi connectivity index (χ0) is 22.4. The Hall–Kier alpha value is -2.28. The Balaban J connectivity index is 1.09. The molecule has 0 radical (unpaired) electrons. The molecule has 7 rings (SSSR count). The molecular weight excluding hydrogens is 422 g/mol. The number of nitrogens with zero attached hydrogens (tertiary/aromatic N) is 3. The number of anilines is 1. The third-order valence-electron chi connectivity index (χ3n) is 8.44. The summed E-state index contributed by atoms with van der Waals surface area (Å²) in [7, 11) is 0. The summed E-state index contributed by atoms with van der Waals surface area (Å²) in [5.74, 6) is 4.11. The first-order chi connectivity index (χ1) is 16.0. The van der Waals surface area contributed by atoms with Gasteiger partial charge in [0, 0.05) is 31.7 Å². The summed E-state index contributed by atoms with van der Waals surface area (Å²) in [5.41, 5.74) is 3.92. The number of halogens is 2. The molecule has 4 fully saturated rings. The molecule has 0 saturated heterocycles. The lowest BCUT2D eigenvalue weighted by molar-refractivity contribution is -0.0498. The van der Waals surface area contributed by atoms with Crippen LogP contribution in [-0.4, -0.2) is 34.6 Å². The molecule has 0 amide bonds. The van der Waals surface area contributed by atoms with Gasteiger partial charge in [-0.25, -0.2) is 9.97 Å². The van der Waals surface area contributed by atoms with E-state index in [2.05, 4.69) is 24.9 Å². The van der Waals surface area contributed by atoms with Crippen LogP contribution in [-0.2, 0) is 19.5 Å². The van der Waals surface area contributed by atoms with E-state index in [4.69, 9.17) is 0 Å². The Morgan fingerprint density at radius 2 is 1.73 bits per heavy atom. The number of ether oxygens (including phenoxy) is 1. The van der Waals surface area contributed by atoms with Gasteiger partial charge in [0.2, 0.25) is 0 Å². The minimum absolute atomic E-state index is 0.195. The van der Waals surface area contributed by atoms with Crippen LogP contribution in [0.25, 0.3) is 0 Å². The first-order valence-electron chi connectivity index (χ1n) is 12.4. The lowest BCUT2D eigenvalue weighted by Gasteiger charge is -2.57. The molecule has 4 aliphatic carbocycles. The molecule has 2 heterocycles. The smallest absolute Gasteiger partial charge is 0.387 e. The van der Waals surface area contributed by atoms with Gasteiger partial charge in [0.1, 0.15) is 17.9 Å². The van der Waals surface area contributed by atoms with Gasteiger partial charge in [0.15, 0.2) is 0 Å². The molecule has 4 saturated carbocycles. The van der Waals surface area contributed by atoms with Crippen molar-refractivity contribution in [3.05, 3.63) is 47.4 Å². The quantitative estimate of drug-likeness (QED) is 0.618. The highest BCUT2D eigenvalue weighted by Gasteiger charge is 2.50. The van der Waals surface area contributed by atoms with Crippen LogP contribution < -0.4 is 10.1 Å². The molecule has 0 unspecified atom stereocenters. The van der Waals surface area contributed by atoms with Crippen molar-refractivity contribution in [1.82, 2.24) is 14.9 Å². The number of aromatic nitrogens is 2. The molecule has 5 aliphatic rings. The second-order valence-corrected chi connectivity index (χ2v) is 10.9. The fourth-order valence-corrected chi connectivity index (χ4v) is 7.51. The number of benzene rings is 1. The Morgan fingerprint density at radius 1 is 1.03 bits per heavy atom. The number of rotatable bonds is 7. The van der Waals surface area contributed by atoms with Gasteiger partial charge in [-0.2, -0.15) is 8.78 Å². The van der Waals surface area contributed by atoms with Crippen molar-refractivity contribution >= 4 is 5.82 Å². The molecule has 1 aliphatic heterocycles. The van der Waals surface area contributed by atoms with E-state index in [-0.39, 0.29) is 5.75 Å². The molecule has 7 heteroatoms. The van der Waals surface area contributed by atoms with Gasteiger partial charge >= 0.3 is 6.61 Å². The zero-order valence-electron chi connectivity index (χ0n) is 19.0. The summed E-state index contributed by atoms with van der Waals surface area (Å²) in [6, 6.07) is 6.92. The number of alkyl halides is 2. The van der Waals surface area contributed by atoms with Gasteiger partial charge in [-0.3, -0.25) is 4.90 Å². The molecule has 0 spiro atoms. The van der Waals surface area contributed by atoms with E-state index < -0.39 is 6.61 Å². The zero-order valence-corrected chi connectivity index (χ0v) is 19.0. The number of nitrogens with one attached hydrogen (secondary N) is 1. The number of fused-ring (bicyclic) bond motifs is 1. The van der Waals surface area contributed by atoms with Crippen molar-refractivity contribution in [1.29, 1.82) is 0 Å². The molecule has 33 heavy (non-hydrogen) atoms. The highest BCUT2D eigenvalue weighted by atomic mass is 19.3. The van der Waals surface area contributed by atoms with Crippen LogP contribution in [0.1, 0.15) is 55.3 Å². The average molecular weight is 455 g/mol. The lowest BCUT2D eigenvalue weighted by atomic mass is 9.49. The first-order valence-corrected chi connectivity index (χ1v) is 12.4. The summed E-state index contributed by atoms with van der Waals surface area (Å²) in [6.07, 6.45) is 11.2. The van der Waals surface area contributed by atoms with E-state index in [0.717, 1.165) is 67.4 Å². The normalized spacial score (nSPS) is 30.5. The predicted octanol–water partition coefficient (Wildman–Crippen LogP) is 5.26. The fourth-order valence-electron chi connectivity index (χ4n) is 7.51. The highest BCUT2D eigenvalue weighted by Crippen LogP contribution is 2.59. The van der Waals surface area contributed by atoms with Gasteiger partial charge in [-0.15, -0.1) is 0 Å². The average Bonchev–Trinajstić information content (AvgIpc) is 2.78.